The molecule has 7 rings (SSSR count). The Morgan fingerprint density at radius 2 is 0.943 bits per heavy atom. The van der Waals surface area contributed by atoms with E-state index in [4.69, 9.17) is 37.9 Å². The molecule has 53 heavy (non-hydrogen) atoms. The molecule has 0 radical (unpaired) electrons. The molecule has 2 heterocycles. The normalized spacial score (nSPS) is 20.2. The van der Waals surface area contributed by atoms with Crippen LogP contribution >= 0.6 is 0 Å². The fourth-order valence-corrected chi connectivity index (χ4v) is 7.19. The van der Waals surface area contributed by atoms with E-state index in [-0.39, 0.29) is 36.6 Å². The van der Waals surface area contributed by atoms with Crippen molar-refractivity contribution in [2.75, 3.05) is 52.9 Å². The highest BCUT2D eigenvalue weighted by Gasteiger charge is 2.46. The first-order valence-corrected chi connectivity index (χ1v) is 19.1. The van der Waals surface area contributed by atoms with Crippen molar-refractivity contribution in [1.29, 1.82) is 0 Å². The predicted molar refractivity (Wildman–Crippen MR) is 205 cm³/mol. The summed E-state index contributed by atoms with van der Waals surface area (Å²) >= 11 is 0. The molecule has 2 fully saturated rings. The van der Waals surface area contributed by atoms with Gasteiger partial charge in [-0.15, -0.1) is 0 Å². The molecule has 0 N–H and O–H groups in total. The molecule has 0 amide bonds. The first kappa shape index (κ1) is 37.6. The first-order chi connectivity index (χ1) is 25.7. The van der Waals surface area contributed by atoms with Crippen LogP contribution in [0.1, 0.15) is 61.1 Å². The van der Waals surface area contributed by atoms with Gasteiger partial charge in [0, 0.05) is 0 Å². The molecule has 6 unspecified atom stereocenters. The molecule has 1 aliphatic carbocycles. The Balaban J connectivity index is 1.09. The van der Waals surface area contributed by atoms with Crippen LogP contribution in [0, 0.1) is 13.8 Å². The maximum absolute atomic E-state index is 6.35. The Morgan fingerprint density at radius 3 is 1.34 bits per heavy atom. The highest BCUT2D eigenvalue weighted by molar-refractivity contribution is 5.86. The highest BCUT2D eigenvalue weighted by atomic mass is 16.6. The summed E-state index contributed by atoms with van der Waals surface area (Å²) in [4.78, 5) is 0. The second-order valence-electron chi connectivity index (χ2n) is 14.9. The largest absolute Gasteiger partial charge is 0.491 e. The van der Waals surface area contributed by atoms with Crippen molar-refractivity contribution < 1.29 is 37.9 Å². The molecular weight excluding hydrogens is 668 g/mol. The zero-order valence-corrected chi connectivity index (χ0v) is 32.0. The third-order valence-corrected chi connectivity index (χ3v) is 10.3. The second kappa shape index (κ2) is 16.7. The minimum Gasteiger partial charge on any atom is -0.491 e. The molecule has 4 aromatic rings. The van der Waals surface area contributed by atoms with E-state index in [1.807, 2.05) is 27.7 Å². The number of epoxide rings is 2. The van der Waals surface area contributed by atoms with Crippen LogP contribution in [0.25, 0.3) is 11.1 Å². The minimum absolute atomic E-state index is 0.00450. The van der Waals surface area contributed by atoms with Gasteiger partial charge in [0.1, 0.15) is 36.9 Å². The van der Waals surface area contributed by atoms with Gasteiger partial charge in [0.15, 0.2) is 0 Å². The van der Waals surface area contributed by atoms with Gasteiger partial charge < -0.3 is 37.9 Å². The second-order valence-corrected chi connectivity index (χ2v) is 14.9. The lowest BCUT2D eigenvalue weighted by molar-refractivity contribution is -0.0452. The number of hydrogen-bond donors (Lipinski definition) is 0. The number of hydrogen-bond acceptors (Lipinski definition) is 8. The lowest BCUT2D eigenvalue weighted by Gasteiger charge is -2.34. The van der Waals surface area contributed by atoms with Gasteiger partial charge in [-0.3, -0.25) is 0 Å². The molecule has 282 valence electrons. The van der Waals surface area contributed by atoms with E-state index >= 15 is 0 Å². The Morgan fingerprint density at radius 1 is 0.547 bits per heavy atom. The van der Waals surface area contributed by atoms with Gasteiger partial charge in [0.2, 0.25) is 0 Å². The van der Waals surface area contributed by atoms with Crippen LogP contribution in [-0.4, -0.2) is 89.5 Å². The first-order valence-electron chi connectivity index (χ1n) is 19.1. The smallest absolute Gasteiger partial charge is 0.122 e. The van der Waals surface area contributed by atoms with Gasteiger partial charge in [-0.2, -0.15) is 0 Å². The van der Waals surface area contributed by atoms with E-state index in [1.165, 1.54) is 33.4 Å². The van der Waals surface area contributed by atoms with Crippen LogP contribution in [0.3, 0.4) is 0 Å². The Hall–Kier alpha value is -3.76. The van der Waals surface area contributed by atoms with Crippen LogP contribution in [0.2, 0.25) is 0 Å². The van der Waals surface area contributed by atoms with E-state index in [0.717, 1.165) is 35.8 Å². The van der Waals surface area contributed by atoms with Crippen molar-refractivity contribution >= 4 is 0 Å². The molecule has 0 aromatic heterocycles. The van der Waals surface area contributed by atoms with Gasteiger partial charge >= 0.3 is 0 Å². The zero-order valence-electron chi connectivity index (χ0n) is 32.0. The third kappa shape index (κ3) is 8.80. The van der Waals surface area contributed by atoms with Crippen molar-refractivity contribution in [2.24, 2.45) is 0 Å². The summed E-state index contributed by atoms with van der Waals surface area (Å²) < 4.78 is 46.9. The summed E-state index contributed by atoms with van der Waals surface area (Å²) in [6.45, 7) is 17.1. The van der Waals surface area contributed by atoms with Crippen molar-refractivity contribution in [2.45, 2.75) is 83.6 Å². The highest BCUT2D eigenvalue weighted by Crippen LogP contribution is 2.56. The Kier molecular flexibility index (Phi) is 11.8. The average Bonchev–Trinajstić information content (AvgIpc) is 4.11. The van der Waals surface area contributed by atoms with E-state index < -0.39 is 5.41 Å². The SMILES string of the molecule is Cc1cc(C2(c3ccc(OCC(C)OCC(C)OCC4CO4)c(C)c3)c3ccccc3-c3ccccc32)ccc1OCC(C)OCC(C)OCC1CO1. The van der Waals surface area contributed by atoms with Crippen LogP contribution in [-0.2, 0) is 33.8 Å². The number of ether oxygens (including phenoxy) is 8. The molecule has 4 aromatic carbocycles. The van der Waals surface area contributed by atoms with E-state index in [9.17, 15) is 0 Å². The summed E-state index contributed by atoms with van der Waals surface area (Å²) in [6.07, 6.45) is 0.343. The standard InChI is InChI=1S/C45H54O8/c1-29-19-35(15-17-43(29)52-23-33(5)46-21-31(3)48-25-37-27-50-37)45(41-13-9-7-11-39(41)40-12-8-10-14-42(40)45)36-16-18-44(30(2)20-36)53-24-34(6)47-22-32(4)49-26-38-28-51-38/h7-20,31-34,37-38H,21-28H2,1-6H3. The molecule has 8 heteroatoms. The maximum Gasteiger partial charge on any atom is 0.122 e. The summed E-state index contributed by atoms with van der Waals surface area (Å²) in [5, 5.41) is 0. The summed E-state index contributed by atoms with van der Waals surface area (Å²) in [5.41, 5.74) is 9.02. The van der Waals surface area contributed by atoms with Gasteiger partial charge in [0.05, 0.1) is 69.5 Å². The van der Waals surface area contributed by atoms with Crippen molar-refractivity contribution in [3.05, 3.63) is 118 Å². The summed E-state index contributed by atoms with van der Waals surface area (Å²) in [6, 6.07) is 30.8. The van der Waals surface area contributed by atoms with Gasteiger partial charge in [0.25, 0.3) is 0 Å². The van der Waals surface area contributed by atoms with Crippen LogP contribution in [0.4, 0.5) is 0 Å². The number of rotatable bonds is 20. The molecule has 2 aliphatic heterocycles. The van der Waals surface area contributed by atoms with Crippen molar-refractivity contribution in [3.8, 4) is 22.6 Å². The van der Waals surface area contributed by atoms with Gasteiger partial charge in [-0.05, 0) is 98.2 Å². The monoisotopic (exact) mass is 722 g/mol. The molecule has 6 atom stereocenters. The summed E-state index contributed by atoms with van der Waals surface area (Å²) in [7, 11) is 0. The Labute approximate surface area is 314 Å². The number of aryl methyl sites for hydroxylation is 2. The lowest BCUT2D eigenvalue weighted by atomic mass is 9.67. The molecule has 3 aliphatic rings. The Bertz CT molecular complexity index is 1700. The van der Waals surface area contributed by atoms with E-state index in [0.29, 0.717) is 39.6 Å². The lowest BCUT2D eigenvalue weighted by Crippen LogP contribution is -2.29. The average molecular weight is 723 g/mol. The van der Waals surface area contributed by atoms with E-state index in [2.05, 4.69) is 98.8 Å². The van der Waals surface area contributed by atoms with Crippen LogP contribution in [0.15, 0.2) is 84.9 Å². The molecule has 8 nitrogen and oxygen atoms in total. The molecule has 0 saturated carbocycles. The van der Waals surface area contributed by atoms with E-state index in [1.54, 1.807) is 0 Å². The molecule has 0 spiro atoms. The quantitative estimate of drug-likeness (QED) is 0.0753. The fraction of sp³-hybridized carbons (Fsp3) is 0.467. The zero-order chi connectivity index (χ0) is 37.0. The number of benzene rings is 4. The topological polar surface area (TPSA) is 80.4 Å². The molecule has 0 bridgehead atoms. The van der Waals surface area contributed by atoms with Crippen LogP contribution < -0.4 is 9.47 Å². The maximum atomic E-state index is 6.35. The number of fused-ring (bicyclic) bond motifs is 3. The molecular formula is C45H54O8. The third-order valence-electron chi connectivity index (χ3n) is 10.3. The molecule has 2 saturated heterocycles. The predicted octanol–water partition coefficient (Wildman–Crippen LogP) is 7.84. The van der Waals surface area contributed by atoms with Crippen molar-refractivity contribution in [1.82, 2.24) is 0 Å². The minimum atomic E-state index is -0.532. The van der Waals surface area contributed by atoms with Gasteiger partial charge in [-0.1, -0.05) is 72.8 Å². The van der Waals surface area contributed by atoms with Crippen molar-refractivity contribution in [3.63, 3.8) is 0 Å². The summed E-state index contributed by atoms with van der Waals surface area (Å²) in [5.74, 6) is 1.70. The van der Waals surface area contributed by atoms with Crippen LogP contribution in [0.5, 0.6) is 11.5 Å². The fourth-order valence-electron chi connectivity index (χ4n) is 7.19. The van der Waals surface area contributed by atoms with Gasteiger partial charge in [-0.25, -0.2) is 0 Å².